The molecule has 0 radical (unpaired) electrons. The number of halogens is 1. The van der Waals surface area contributed by atoms with Crippen molar-refractivity contribution in [2.45, 2.75) is 18.1 Å². The van der Waals surface area contributed by atoms with E-state index in [9.17, 15) is 18.0 Å². The largest absolute Gasteiger partial charge is 0.336 e. The van der Waals surface area contributed by atoms with E-state index < -0.39 is 10.0 Å². The third kappa shape index (κ3) is 3.74. The molecule has 14 heteroatoms. The normalized spacial score (nSPS) is 15.3. The monoisotopic (exact) mass is 521 g/mol. The highest BCUT2D eigenvalue weighted by atomic mass is 35.5. The molecule has 0 saturated carbocycles. The Morgan fingerprint density at radius 1 is 1.21 bits per heavy atom. The van der Waals surface area contributed by atoms with E-state index in [1.807, 2.05) is 0 Å². The highest BCUT2D eigenvalue weighted by Crippen LogP contribution is 2.31. The lowest BCUT2D eigenvalue weighted by Crippen LogP contribution is -2.50. The second-order valence-corrected chi connectivity index (χ2v) is 11.7. The average molecular weight is 522 g/mol. The summed E-state index contributed by atoms with van der Waals surface area (Å²) in [4.78, 5) is 30.5. The molecule has 5 rings (SSSR count). The molecule has 0 aliphatic carbocycles. The van der Waals surface area contributed by atoms with Gasteiger partial charge in [0.1, 0.15) is 9.73 Å². The number of aromatic nitrogens is 5. The first-order valence-electron chi connectivity index (χ1n) is 10.3. The number of nitrogens with one attached hydrogen (secondary N) is 1. The number of amides is 1. The van der Waals surface area contributed by atoms with Crippen molar-refractivity contribution in [3.63, 3.8) is 0 Å². The topological polar surface area (TPSA) is 126 Å². The van der Waals surface area contributed by atoms with Gasteiger partial charge < -0.3 is 4.90 Å². The molecular formula is C20H20ClN7O4S2. The van der Waals surface area contributed by atoms with Gasteiger partial charge in [-0.15, -0.1) is 16.4 Å². The Morgan fingerprint density at radius 2 is 1.94 bits per heavy atom. The molecule has 1 saturated heterocycles. The van der Waals surface area contributed by atoms with Crippen LogP contribution in [-0.2, 0) is 10.0 Å². The van der Waals surface area contributed by atoms with Gasteiger partial charge in [-0.1, -0.05) is 11.6 Å². The summed E-state index contributed by atoms with van der Waals surface area (Å²) < 4.78 is 30.3. The number of thiophene rings is 1. The van der Waals surface area contributed by atoms with Gasteiger partial charge in [0.25, 0.3) is 21.5 Å². The quantitative estimate of drug-likeness (QED) is 0.435. The number of aromatic amines is 1. The van der Waals surface area contributed by atoms with Gasteiger partial charge >= 0.3 is 0 Å². The predicted octanol–water partition coefficient (Wildman–Crippen LogP) is 1.69. The Hall–Kier alpha value is -3.00. The molecule has 0 spiro atoms. The van der Waals surface area contributed by atoms with Crippen LogP contribution in [0.25, 0.3) is 11.5 Å². The van der Waals surface area contributed by atoms with E-state index >= 15 is 0 Å². The average Bonchev–Trinajstić information content (AvgIpc) is 3.53. The maximum atomic E-state index is 13.2. The number of fused-ring (bicyclic) bond motifs is 1. The third-order valence-electron chi connectivity index (χ3n) is 5.78. The minimum atomic E-state index is -3.67. The van der Waals surface area contributed by atoms with Crippen molar-refractivity contribution in [2.24, 2.45) is 0 Å². The van der Waals surface area contributed by atoms with Crippen molar-refractivity contribution in [1.29, 1.82) is 0 Å². The first-order chi connectivity index (χ1) is 16.2. The number of aryl methyl sites for hydroxylation is 1. The first-order valence-corrected chi connectivity index (χ1v) is 13.0. The molecule has 1 N–H and O–H groups in total. The SMILES string of the molecule is Cc1sc(S(=O)(=O)N2CCN(C(=O)c3cnn(-c4nn5cccc5c(=O)[nH]4)c3C)CC2)cc1Cl. The van der Waals surface area contributed by atoms with Gasteiger partial charge in [0.05, 0.1) is 22.5 Å². The smallest absolute Gasteiger partial charge is 0.276 e. The van der Waals surface area contributed by atoms with E-state index in [0.717, 1.165) is 16.2 Å². The van der Waals surface area contributed by atoms with Crippen LogP contribution in [0.15, 0.2) is 39.6 Å². The molecule has 11 nitrogen and oxygen atoms in total. The van der Waals surface area contributed by atoms with Crippen molar-refractivity contribution in [3.05, 3.63) is 62.1 Å². The van der Waals surface area contributed by atoms with Crippen LogP contribution in [0.4, 0.5) is 0 Å². The fourth-order valence-corrected chi connectivity index (χ4v) is 7.12. The second-order valence-electron chi connectivity index (χ2n) is 7.84. The minimum absolute atomic E-state index is 0.176. The zero-order chi connectivity index (χ0) is 24.2. The Morgan fingerprint density at radius 3 is 2.62 bits per heavy atom. The summed E-state index contributed by atoms with van der Waals surface area (Å²) in [6, 6.07) is 4.82. The second kappa shape index (κ2) is 8.34. The van der Waals surface area contributed by atoms with Crippen molar-refractivity contribution in [3.8, 4) is 5.95 Å². The fraction of sp³-hybridized carbons (Fsp3) is 0.300. The van der Waals surface area contributed by atoms with Crippen LogP contribution >= 0.6 is 22.9 Å². The highest BCUT2D eigenvalue weighted by molar-refractivity contribution is 7.91. The number of carbonyl (C=O) groups excluding carboxylic acids is 1. The van der Waals surface area contributed by atoms with Gasteiger partial charge in [0, 0.05) is 37.3 Å². The molecule has 5 heterocycles. The molecule has 0 unspecified atom stereocenters. The molecule has 34 heavy (non-hydrogen) atoms. The lowest BCUT2D eigenvalue weighted by molar-refractivity contribution is 0.0697. The highest BCUT2D eigenvalue weighted by Gasteiger charge is 2.32. The van der Waals surface area contributed by atoms with Crippen LogP contribution < -0.4 is 5.56 Å². The van der Waals surface area contributed by atoms with Gasteiger partial charge in [0.2, 0.25) is 5.95 Å². The number of H-pyrrole nitrogens is 1. The predicted molar refractivity (Wildman–Crippen MR) is 126 cm³/mol. The summed E-state index contributed by atoms with van der Waals surface area (Å²) in [5.41, 5.74) is 0.945. The number of sulfonamides is 1. The van der Waals surface area contributed by atoms with E-state index in [-0.39, 0.29) is 47.8 Å². The van der Waals surface area contributed by atoms with Crippen LogP contribution in [0.1, 0.15) is 20.9 Å². The van der Waals surface area contributed by atoms with Crippen LogP contribution in [0, 0.1) is 13.8 Å². The molecule has 1 aliphatic heterocycles. The molecule has 0 bridgehead atoms. The Bertz CT molecular complexity index is 1560. The number of hydrogen-bond donors (Lipinski definition) is 1. The van der Waals surface area contributed by atoms with Crippen LogP contribution in [-0.4, -0.2) is 74.1 Å². The Labute approximate surface area is 203 Å². The maximum absolute atomic E-state index is 13.2. The summed E-state index contributed by atoms with van der Waals surface area (Å²) in [5.74, 6) is -0.0775. The van der Waals surface area contributed by atoms with Crippen molar-refractivity contribution < 1.29 is 13.2 Å². The van der Waals surface area contributed by atoms with Gasteiger partial charge in [-0.25, -0.2) is 17.6 Å². The van der Waals surface area contributed by atoms with E-state index in [1.54, 1.807) is 37.1 Å². The molecular weight excluding hydrogens is 502 g/mol. The van der Waals surface area contributed by atoms with Crippen molar-refractivity contribution in [2.75, 3.05) is 26.2 Å². The number of nitrogens with zero attached hydrogens (tertiary/aromatic N) is 6. The molecule has 0 atom stereocenters. The summed E-state index contributed by atoms with van der Waals surface area (Å²) in [7, 11) is -3.67. The standard InChI is InChI=1S/C20H20ClN7O4S2/c1-12-14(11-22-28(12)20-23-18(29)16-4-3-5-27(16)24-20)19(30)25-6-8-26(9-7-25)34(31,32)17-10-15(21)13(2)33-17/h3-5,10-11H,6-9H2,1-2H3,(H,23,24,29). The van der Waals surface area contributed by atoms with E-state index in [0.29, 0.717) is 21.8 Å². The molecule has 4 aromatic heterocycles. The van der Waals surface area contributed by atoms with E-state index in [1.165, 1.54) is 25.8 Å². The Balaban J connectivity index is 1.33. The zero-order valence-corrected chi connectivity index (χ0v) is 20.6. The molecule has 4 aromatic rings. The molecule has 0 aromatic carbocycles. The summed E-state index contributed by atoms with van der Waals surface area (Å²) >= 11 is 7.18. The van der Waals surface area contributed by atoms with Gasteiger partial charge in [0.15, 0.2) is 0 Å². The zero-order valence-electron chi connectivity index (χ0n) is 18.2. The lowest BCUT2D eigenvalue weighted by Gasteiger charge is -2.33. The molecule has 178 valence electrons. The summed E-state index contributed by atoms with van der Waals surface area (Å²) in [6.45, 7) is 4.32. The van der Waals surface area contributed by atoms with Crippen LogP contribution in [0.5, 0.6) is 0 Å². The van der Waals surface area contributed by atoms with E-state index in [2.05, 4.69) is 15.2 Å². The van der Waals surface area contributed by atoms with Gasteiger partial charge in [-0.2, -0.15) is 9.40 Å². The van der Waals surface area contributed by atoms with E-state index in [4.69, 9.17) is 11.6 Å². The molecule has 1 fully saturated rings. The summed E-state index contributed by atoms with van der Waals surface area (Å²) in [5, 5.41) is 9.01. The van der Waals surface area contributed by atoms with Crippen molar-refractivity contribution in [1.82, 2.24) is 33.6 Å². The number of piperazine rings is 1. The van der Waals surface area contributed by atoms with Gasteiger partial charge in [-0.05, 0) is 32.0 Å². The minimum Gasteiger partial charge on any atom is -0.336 e. The summed E-state index contributed by atoms with van der Waals surface area (Å²) in [6.07, 6.45) is 3.08. The van der Waals surface area contributed by atoms with Crippen LogP contribution in [0.3, 0.4) is 0 Å². The first kappa shape index (κ1) is 22.8. The third-order valence-corrected chi connectivity index (χ3v) is 9.69. The molecule has 1 aliphatic rings. The van der Waals surface area contributed by atoms with Crippen molar-refractivity contribution >= 4 is 44.4 Å². The lowest BCUT2D eigenvalue weighted by atomic mass is 10.2. The Kier molecular flexibility index (Phi) is 5.59. The molecule has 1 amide bonds. The van der Waals surface area contributed by atoms with Gasteiger partial charge in [-0.3, -0.25) is 14.6 Å². The fourth-order valence-electron chi connectivity index (χ4n) is 3.85. The number of rotatable bonds is 4. The number of hydrogen-bond acceptors (Lipinski definition) is 7. The maximum Gasteiger partial charge on any atom is 0.276 e. The number of carbonyl (C=O) groups is 1. The van der Waals surface area contributed by atoms with Crippen LogP contribution in [0.2, 0.25) is 5.02 Å².